The molecular weight excluding hydrogens is 281 g/mol. The summed E-state index contributed by atoms with van der Waals surface area (Å²) in [4.78, 5) is 0. The van der Waals surface area contributed by atoms with Gasteiger partial charge < -0.3 is 4.74 Å². The number of alkyl halides is 1. The third-order valence-corrected chi connectivity index (χ3v) is 2.87. The van der Waals surface area contributed by atoms with Crippen molar-refractivity contribution < 1.29 is 13.5 Å². The molecule has 0 spiro atoms. The highest BCUT2D eigenvalue weighted by Crippen LogP contribution is 2.31. The first-order valence-corrected chi connectivity index (χ1v) is 5.98. The third-order valence-electron chi connectivity index (χ3n) is 2.26. The van der Waals surface area contributed by atoms with Crippen molar-refractivity contribution in [1.29, 1.82) is 0 Å². The Bertz CT molecular complexity index is 573. The molecule has 0 unspecified atom stereocenters. The zero-order chi connectivity index (χ0) is 13.1. The zero-order valence-corrected chi connectivity index (χ0v) is 10.6. The molecule has 0 bridgehead atoms. The molecular formula is C13H8Cl2F2O. The van der Waals surface area contributed by atoms with Gasteiger partial charge in [0.15, 0.2) is 11.6 Å². The second-order valence-electron chi connectivity index (χ2n) is 3.58. The fourth-order valence-electron chi connectivity index (χ4n) is 1.39. The number of halogens is 4. The molecule has 5 heteroatoms. The van der Waals surface area contributed by atoms with Gasteiger partial charge in [0.25, 0.3) is 0 Å². The molecule has 0 amide bonds. The van der Waals surface area contributed by atoms with Gasteiger partial charge in [0.05, 0.1) is 5.02 Å². The summed E-state index contributed by atoms with van der Waals surface area (Å²) in [5, 5.41) is 0.317. The van der Waals surface area contributed by atoms with Gasteiger partial charge in [-0.15, -0.1) is 11.6 Å². The summed E-state index contributed by atoms with van der Waals surface area (Å²) in [5.74, 6) is -0.922. The van der Waals surface area contributed by atoms with Crippen LogP contribution in [0.25, 0.3) is 0 Å². The minimum absolute atomic E-state index is 0.0862. The van der Waals surface area contributed by atoms with Gasteiger partial charge in [-0.05, 0) is 29.8 Å². The molecule has 18 heavy (non-hydrogen) atoms. The van der Waals surface area contributed by atoms with E-state index in [9.17, 15) is 8.78 Å². The van der Waals surface area contributed by atoms with Gasteiger partial charge in [0.1, 0.15) is 11.6 Å². The SMILES string of the molecule is Fc1ccc(Oc2ccc(CCl)cc2Cl)c(F)c1. The Balaban J connectivity index is 2.28. The monoisotopic (exact) mass is 288 g/mol. The first kappa shape index (κ1) is 13.1. The molecule has 0 fully saturated rings. The van der Waals surface area contributed by atoms with Crippen molar-refractivity contribution in [2.75, 3.05) is 0 Å². The van der Waals surface area contributed by atoms with E-state index in [1.807, 2.05) is 0 Å². The molecule has 0 N–H and O–H groups in total. The van der Waals surface area contributed by atoms with Crippen molar-refractivity contribution in [3.63, 3.8) is 0 Å². The van der Waals surface area contributed by atoms with E-state index >= 15 is 0 Å². The number of hydrogen-bond acceptors (Lipinski definition) is 1. The van der Waals surface area contributed by atoms with Gasteiger partial charge >= 0.3 is 0 Å². The predicted octanol–water partition coefficient (Wildman–Crippen LogP) is 5.15. The van der Waals surface area contributed by atoms with Crippen LogP contribution in [0.3, 0.4) is 0 Å². The Labute approximate surface area is 113 Å². The van der Waals surface area contributed by atoms with E-state index in [0.717, 1.165) is 17.7 Å². The molecule has 0 atom stereocenters. The molecule has 0 aromatic heterocycles. The first-order chi connectivity index (χ1) is 8.60. The summed E-state index contributed by atoms with van der Waals surface area (Å²) in [6.45, 7) is 0. The Morgan fingerprint density at radius 2 is 1.72 bits per heavy atom. The highest BCUT2D eigenvalue weighted by molar-refractivity contribution is 6.32. The standard InChI is InChI=1S/C13H8Cl2F2O/c14-7-8-1-3-12(10(15)5-8)18-13-4-2-9(16)6-11(13)17/h1-6H,7H2. The van der Waals surface area contributed by atoms with Crippen molar-refractivity contribution in [3.8, 4) is 11.5 Å². The van der Waals surface area contributed by atoms with Crippen LogP contribution in [0.2, 0.25) is 5.02 Å². The van der Waals surface area contributed by atoms with Crippen LogP contribution in [-0.2, 0) is 5.88 Å². The molecule has 0 aliphatic heterocycles. The summed E-state index contributed by atoms with van der Waals surface area (Å²) < 4.78 is 31.4. The fraction of sp³-hybridized carbons (Fsp3) is 0.0769. The lowest BCUT2D eigenvalue weighted by Gasteiger charge is -2.09. The van der Waals surface area contributed by atoms with Crippen LogP contribution in [0.5, 0.6) is 11.5 Å². The van der Waals surface area contributed by atoms with E-state index in [-0.39, 0.29) is 11.5 Å². The largest absolute Gasteiger partial charge is 0.453 e. The second kappa shape index (κ2) is 5.55. The topological polar surface area (TPSA) is 9.23 Å². The summed E-state index contributed by atoms with van der Waals surface area (Å²) in [5.41, 5.74) is 0.827. The van der Waals surface area contributed by atoms with Gasteiger partial charge in [-0.25, -0.2) is 8.78 Å². The summed E-state index contributed by atoms with van der Waals surface area (Å²) >= 11 is 11.6. The minimum atomic E-state index is -0.785. The first-order valence-electron chi connectivity index (χ1n) is 5.07. The van der Waals surface area contributed by atoms with Crippen LogP contribution in [0, 0.1) is 11.6 Å². The number of ether oxygens (including phenoxy) is 1. The minimum Gasteiger partial charge on any atom is -0.453 e. The van der Waals surface area contributed by atoms with Crippen LogP contribution in [0.1, 0.15) is 5.56 Å². The zero-order valence-electron chi connectivity index (χ0n) is 9.09. The van der Waals surface area contributed by atoms with Crippen LogP contribution >= 0.6 is 23.2 Å². The van der Waals surface area contributed by atoms with Gasteiger partial charge in [-0.3, -0.25) is 0 Å². The summed E-state index contributed by atoms with van der Waals surface area (Å²) in [7, 11) is 0. The van der Waals surface area contributed by atoms with Crippen molar-refractivity contribution in [3.05, 3.63) is 58.6 Å². The molecule has 2 aromatic carbocycles. The van der Waals surface area contributed by atoms with Crippen molar-refractivity contribution in [2.45, 2.75) is 5.88 Å². The molecule has 0 heterocycles. The van der Waals surface area contributed by atoms with Crippen LogP contribution in [-0.4, -0.2) is 0 Å². The Kier molecular flexibility index (Phi) is 4.04. The highest BCUT2D eigenvalue weighted by atomic mass is 35.5. The Hall–Kier alpha value is -1.32. The van der Waals surface area contributed by atoms with E-state index in [4.69, 9.17) is 27.9 Å². The predicted molar refractivity (Wildman–Crippen MR) is 67.4 cm³/mol. The molecule has 94 valence electrons. The van der Waals surface area contributed by atoms with E-state index in [1.54, 1.807) is 18.2 Å². The van der Waals surface area contributed by atoms with E-state index in [0.29, 0.717) is 10.9 Å². The van der Waals surface area contributed by atoms with Crippen molar-refractivity contribution in [2.24, 2.45) is 0 Å². The van der Waals surface area contributed by atoms with Crippen molar-refractivity contribution >= 4 is 23.2 Å². The van der Waals surface area contributed by atoms with Crippen LogP contribution < -0.4 is 4.74 Å². The lowest BCUT2D eigenvalue weighted by Crippen LogP contribution is -1.91. The van der Waals surface area contributed by atoms with E-state index in [2.05, 4.69) is 0 Å². The second-order valence-corrected chi connectivity index (χ2v) is 4.25. The van der Waals surface area contributed by atoms with Gasteiger partial charge in [0, 0.05) is 11.9 Å². The fourth-order valence-corrected chi connectivity index (χ4v) is 1.79. The maximum absolute atomic E-state index is 13.4. The average Bonchev–Trinajstić information content (AvgIpc) is 2.34. The van der Waals surface area contributed by atoms with Gasteiger partial charge in [-0.1, -0.05) is 17.7 Å². The maximum atomic E-state index is 13.4. The third kappa shape index (κ3) is 2.92. The molecule has 2 rings (SSSR count). The smallest absolute Gasteiger partial charge is 0.168 e. The molecule has 0 radical (unpaired) electrons. The van der Waals surface area contributed by atoms with Crippen LogP contribution in [0.15, 0.2) is 36.4 Å². The molecule has 2 aromatic rings. The molecule has 0 saturated carbocycles. The number of hydrogen-bond donors (Lipinski definition) is 0. The van der Waals surface area contributed by atoms with E-state index in [1.165, 1.54) is 6.07 Å². The quantitative estimate of drug-likeness (QED) is 0.710. The number of benzene rings is 2. The molecule has 0 aliphatic carbocycles. The summed E-state index contributed by atoms with van der Waals surface area (Å²) in [6.07, 6.45) is 0. The van der Waals surface area contributed by atoms with Crippen LogP contribution in [0.4, 0.5) is 8.78 Å². The van der Waals surface area contributed by atoms with Gasteiger partial charge in [0.2, 0.25) is 0 Å². The Morgan fingerprint density at radius 1 is 1.00 bits per heavy atom. The summed E-state index contributed by atoms with van der Waals surface area (Å²) in [6, 6.07) is 8.00. The average molecular weight is 289 g/mol. The highest BCUT2D eigenvalue weighted by Gasteiger charge is 2.09. The van der Waals surface area contributed by atoms with E-state index < -0.39 is 11.6 Å². The lowest BCUT2D eigenvalue weighted by atomic mass is 10.2. The van der Waals surface area contributed by atoms with Crippen molar-refractivity contribution in [1.82, 2.24) is 0 Å². The lowest BCUT2D eigenvalue weighted by molar-refractivity contribution is 0.438. The molecule has 1 nitrogen and oxygen atoms in total. The maximum Gasteiger partial charge on any atom is 0.168 e. The molecule has 0 saturated heterocycles. The Morgan fingerprint density at radius 3 is 2.33 bits per heavy atom. The molecule has 0 aliphatic rings. The normalized spacial score (nSPS) is 10.4. The number of rotatable bonds is 3. The van der Waals surface area contributed by atoms with Gasteiger partial charge in [-0.2, -0.15) is 0 Å².